The van der Waals surface area contributed by atoms with Crippen molar-refractivity contribution in [3.63, 3.8) is 0 Å². The highest BCUT2D eigenvalue weighted by molar-refractivity contribution is 5.78. The second-order valence-corrected chi connectivity index (χ2v) is 6.13. The molecule has 3 rings (SSSR count). The number of carbonyl (C=O) groups excluding carboxylic acids is 1. The zero-order valence-corrected chi connectivity index (χ0v) is 14.7. The van der Waals surface area contributed by atoms with Crippen LogP contribution in [-0.4, -0.2) is 41.1 Å². The molecule has 1 fully saturated rings. The highest BCUT2D eigenvalue weighted by Crippen LogP contribution is 2.17. The molecule has 2 heterocycles. The summed E-state index contributed by atoms with van der Waals surface area (Å²) in [6, 6.07) is 6.45. The van der Waals surface area contributed by atoms with Crippen LogP contribution in [0.4, 0.5) is 10.3 Å². The molecule has 0 spiro atoms. The summed E-state index contributed by atoms with van der Waals surface area (Å²) in [7, 11) is 1.50. The van der Waals surface area contributed by atoms with Crippen molar-refractivity contribution < 1.29 is 13.9 Å². The average Bonchev–Trinajstić information content (AvgIpc) is 2.68. The van der Waals surface area contributed by atoms with Crippen molar-refractivity contribution in [2.24, 2.45) is 0 Å². The molecule has 1 aromatic heterocycles. The highest BCUT2D eigenvalue weighted by atomic mass is 19.1. The van der Waals surface area contributed by atoms with Gasteiger partial charge >= 0.3 is 6.01 Å². The van der Waals surface area contributed by atoms with Crippen LogP contribution in [0, 0.1) is 5.82 Å². The van der Waals surface area contributed by atoms with Gasteiger partial charge in [-0.15, -0.1) is 0 Å². The lowest BCUT2D eigenvalue weighted by atomic mass is 10.1. The third kappa shape index (κ3) is 4.65. The van der Waals surface area contributed by atoms with E-state index >= 15 is 0 Å². The SMILES string of the molecule is COc1nc(CNC(=O)Cc2ccccc2F)nc(N2CCCCC2)n1. The second-order valence-electron chi connectivity index (χ2n) is 6.13. The Morgan fingerprint density at radius 1 is 1.19 bits per heavy atom. The maximum absolute atomic E-state index is 13.6. The zero-order valence-electron chi connectivity index (χ0n) is 14.7. The van der Waals surface area contributed by atoms with Gasteiger partial charge in [-0.2, -0.15) is 15.0 Å². The van der Waals surface area contributed by atoms with E-state index in [-0.39, 0.29) is 24.9 Å². The molecular weight excluding hydrogens is 337 g/mol. The number of piperidine rings is 1. The predicted molar refractivity (Wildman–Crippen MR) is 94.4 cm³/mol. The number of anilines is 1. The molecule has 1 aliphatic heterocycles. The Bertz CT molecular complexity index is 765. The van der Waals surface area contributed by atoms with Gasteiger partial charge in [0.25, 0.3) is 0 Å². The summed E-state index contributed by atoms with van der Waals surface area (Å²) in [5.41, 5.74) is 0.354. The lowest BCUT2D eigenvalue weighted by molar-refractivity contribution is -0.120. The van der Waals surface area contributed by atoms with Gasteiger partial charge in [-0.1, -0.05) is 18.2 Å². The van der Waals surface area contributed by atoms with Crippen LogP contribution in [0.2, 0.25) is 0 Å². The smallest absolute Gasteiger partial charge is 0.321 e. The predicted octanol–water partition coefficient (Wildman–Crippen LogP) is 1.87. The minimum absolute atomic E-state index is 0.0339. The molecule has 1 aromatic carbocycles. The number of ether oxygens (including phenoxy) is 1. The Labute approximate surface area is 151 Å². The molecule has 1 saturated heterocycles. The van der Waals surface area contributed by atoms with Gasteiger partial charge in [0.1, 0.15) is 5.82 Å². The van der Waals surface area contributed by atoms with Crippen LogP contribution in [-0.2, 0) is 17.8 Å². The van der Waals surface area contributed by atoms with Gasteiger partial charge in [-0.25, -0.2) is 4.39 Å². The molecule has 0 aliphatic carbocycles. The summed E-state index contributed by atoms with van der Waals surface area (Å²) in [5.74, 6) is 0.292. The minimum atomic E-state index is -0.392. The molecule has 0 saturated carbocycles. The number of nitrogens with one attached hydrogen (secondary N) is 1. The maximum Gasteiger partial charge on any atom is 0.321 e. The van der Waals surface area contributed by atoms with Crippen LogP contribution in [0.25, 0.3) is 0 Å². The first-order valence-electron chi connectivity index (χ1n) is 8.69. The lowest BCUT2D eigenvalue weighted by Crippen LogP contribution is -2.32. The third-order valence-corrected chi connectivity index (χ3v) is 4.22. The van der Waals surface area contributed by atoms with Crippen molar-refractivity contribution in [1.82, 2.24) is 20.3 Å². The van der Waals surface area contributed by atoms with E-state index in [0.717, 1.165) is 25.9 Å². The highest BCUT2D eigenvalue weighted by Gasteiger charge is 2.17. The van der Waals surface area contributed by atoms with E-state index in [1.54, 1.807) is 18.2 Å². The Kier molecular flexibility index (Phi) is 5.93. The fourth-order valence-corrected chi connectivity index (χ4v) is 2.85. The minimum Gasteiger partial charge on any atom is -0.467 e. The molecule has 1 amide bonds. The van der Waals surface area contributed by atoms with E-state index in [2.05, 4.69) is 25.2 Å². The quantitative estimate of drug-likeness (QED) is 0.848. The normalized spacial score (nSPS) is 14.2. The van der Waals surface area contributed by atoms with Crippen LogP contribution in [0.3, 0.4) is 0 Å². The second kappa shape index (κ2) is 8.55. The Morgan fingerprint density at radius 2 is 1.96 bits per heavy atom. The number of amides is 1. The number of aromatic nitrogens is 3. The summed E-state index contributed by atoms with van der Waals surface area (Å²) >= 11 is 0. The molecule has 0 radical (unpaired) electrons. The summed E-state index contributed by atoms with van der Waals surface area (Å²) in [6.45, 7) is 1.92. The van der Waals surface area contributed by atoms with Gasteiger partial charge in [0.2, 0.25) is 11.9 Å². The van der Waals surface area contributed by atoms with E-state index in [9.17, 15) is 9.18 Å². The van der Waals surface area contributed by atoms with Crippen LogP contribution in [0.5, 0.6) is 6.01 Å². The summed E-state index contributed by atoms with van der Waals surface area (Å²) < 4.78 is 18.8. The fraction of sp³-hybridized carbons (Fsp3) is 0.444. The molecule has 2 aromatic rings. The van der Waals surface area contributed by atoms with Crippen molar-refractivity contribution in [3.05, 3.63) is 41.5 Å². The monoisotopic (exact) mass is 359 g/mol. The molecule has 138 valence electrons. The van der Waals surface area contributed by atoms with E-state index in [1.807, 2.05) is 0 Å². The molecule has 26 heavy (non-hydrogen) atoms. The maximum atomic E-state index is 13.6. The zero-order chi connectivity index (χ0) is 18.4. The molecular formula is C18H22FN5O2. The number of methoxy groups -OCH3 is 1. The van der Waals surface area contributed by atoms with Crippen molar-refractivity contribution >= 4 is 11.9 Å². The fourth-order valence-electron chi connectivity index (χ4n) is 2.85. The Balaban J connectivity index is 1.65. The molecule has 8 heteroatoms. The molecule has 7 nitrogen and oxygen atoms in total. The van der Waals surface area contributed by atoms with Crippen molar-refractivity contribution in [2.45, 2.75) is 32.2 Å². The standard InChI is InChI=1S/C18H22FN5O2/c1-26-18-22-15(21-17(23-18)24-9-5-2-6-10-24)12-20-16(25)11-13-7-3-4-8-14(13)19/h3-4,7-8H,2,5-6,9-12H2,1H3,(H,20,25). The molecule has 0 unspecified atom stereocenters. The van der Waals surface area contributed by atoms with Crippen LogP contribution >= 0.6 is 0 Å². The summed E-state index contributed by atoms with van der Waals surface area (Å²) in [5, 5.41) is 2.72. The topological polar surface area (TPSA) is 80.2 Å². The average molecular weight is 359 g/mol. The molecule has 1 N–H and O–H groups in total. The van der Waals surface area contributed by atoms with Gasteiger partial charge in [0, 0.05) is 13.1 Å². The van der Waals surface area contributed by atoms with Gasteiger partial charge < -0.3 is 15.0 Å². The van der Waals surface area contributed by atoms with Crippen molar-refractivity contribution in [1.29, 1.82) is 0 Å². The van der Waals surface area contributed by atoms with E-state index < -0.39 is 5.82 Å². The Hall–Kier alpha value is -2.77. The van der Waals surface area contributed by atoms with Crippen LogP contribution < -0.4 is 15.0 Å². The third-order valence-electron chi connectivity index (χ3n) is 4.22. The van der Waals surface area contributed by atoms with Gasteiger partial charge in [-0.05, 0) is 30.9 Å². The van der Waals surface area contributed by atoms with Crippen molar-refractivity contribution in [3.8, 4) is 6.01 Å². The van der Waals surface area contributed by atoms with Gasteiger partial charge in [-0.3, -0.25) is 4.79 Å². The number of hydrogen-bond acceptors (Lipinski definition) is 6. The lowest BCUT2D eigenvalue weighted by Gasteiger charge is -2.26. The van der Waals surface area contributed by atoms with Gasteiger partial charge in [0.05, 0.1) is 20.1 Å². The summed E-state index contributed by atoms with van der Waals surface area (Å²) in [4.78, 5) is 27.1. The number of carbonyl (C=O) groups is 1. The van der Waals surface area contributed by atoms with Crippen molar-refractivity contribution in [2.75, 3.05) is 25.1 Å². The van der Waals surface area contributed by atoms with Gasteiger partial charge in [0.15, 0.2) is 5.82 Å². The molecule has 1 aliphatic rings. The molecule has 0 bridgehead atoms. The molecule has 0 atom stereocenters. The number of hydrogen-bond donors (Lipinski definition) is 1. The van der Waals surface area contributed by atoms with Crippen LogP contribution in [0.15, 0.2) is 24.3 Å². The number of nitrogens with zero attached hydrogens (tertiary/aromatic N) is 4. The first-order valence-corrected chi connectivity index (χ1v) is 8.69. The largest absolute Gasteiger partial charge is 0.467 e. The number of rotatable bonds is 6. The Morgan fingerprint density at radius 3 is 2.69 bits per heavy atom. The van der Waals surface area contributed by atoms with Crippen LogP contribution in [0.1, 0.15) is 30.7 Å². The summed E-state index contributed by atoms with van der Waals surface area (Å²) in [6.07, 6.45) is 3.37. The number of halogens is 1. The van der Waals surface area contributed by atoms with E-state index in [0.29, 0.717) is 17.3 Å². The number of benzene rings is 1. The first kappa shape index (κ1) is 18.0. The van der Waals surface area contributed by atoms with E-state index in [1.165, 1.54) is 19.6 Å². The van der Waals surface area contributed by atoms with E-state index in [4.69, 9.17) is 4.74 Å². The first-order chi connectivity index (χ1) is 12.7.